The lowest BCUT2D eigenvalue weighted by molar-refractivity contribution is -0.129. The minimum Gasteiger partial charge on any atom is -0.350 e. The van der Waals surface area contributed by atoms with Gasteiger partial charge in [-0.15, -0.1) is 0 Å². The van der Waals surface area contributed by atoms with Crippen molar-refractivity contribution in [3.63, 3.8) is 0 Å². The number of aryl methyl sites for hydroxylation is 1. The fourth-order valence-electron chi connectivity index (χ4n) is 5.04. The summed E-state index contributed by atoms with van der Waals surface area (Å²) in [5, 5.41) is 5.98. The zero-order valence-corrected chi connectivity index (χ0v) is 21.6. The van der Waals surface area contributed by atoms with Gasteiger partial charge in [0, 0.05) is 13.0 Å². The highest BCUT2D eigenvalue weighted by atomic mass is 16.2. The number of carbonyl (C=O) groups is 3. The minimum atomic E-state index is -0.865. The average molecular weight is 518 g/mol. The summed E-state index contributed by atoms with van der Waals surface area (Å²) in [6.45, 7) is 0.329. The molecular weight excluding hydrogens is 486 g/mol. The van der Waals surface area contributed by atoms with Gasteiger partial charge in [-0.1, -0.05) is 103 Å². The predicted molar refractivity (Wildman–Crippen MR) is 152 cm³/mol. The van der Waals surface area contributed by atoms with E-state index in [1.165, 1.54) is 4.90 Å². The molecule has 0 aromatic heterocycles. The Hall–Kier alpha value is -4.71. The Morgan fingerprint density at radius 1 is 0.744 bits per heavy atom. The van der Waals surface area contributed by atoms with Crippen LogP contribution in [0.3, 0.4) is 0 Å². The number of fused-ring (bicyclic) bond motifs is 1. The molecule has 0 saturated carbocycles. The minimum absolute atomic E-state index is 0.284. The molecule has 0 saturated heterocycles. The van der Waals surface area contributed by atoms with Crippen LogP contribution in [-0.4, -0.2) is 34.7 Å². The largest absolute Gasteiger partial charge is 0.350 e. The van der Waals surface area contributed by atoms with Crippen LogP contribution in [0.5, 0.6) is 0 Å². The van der Waals surface area contributed by atoms with E-state index < -0.39 is 12.1 Å². The van der Waals surface area contributed by atoms with E-state index in [0.717, 1.165) is 16.7 Å². The zero-order chi connectivity index (χ0) is 27.0. The van der Waals surface area contributed by atoms with Crippen LogP contribution in [0.2, 0.25) is 0 Å². The van der Waals surface area contributed by atoms with Crippen LogP contribution in [0.4, 0.5) is 5.69 Å². The van der Waals surface area contributed by atoms with E-state index in [1.807, 2.05) is 91.0 Å². The van der Waals surface area contributed by atoms with Crippen molar-refractivity contribution < 1.29 is 14.4 Å². The van der Waals surface area contributed by atoms with Crippen LogP contribution in [0.15, 0.2) is 115 Å². The van der Waals surface area contributed by atoms with Crippen molar-refractivity contribution in [2.24, 2.45) is 0 Å². The SMILES string of the molecule is O=C(NCc1ccccc1)C(CCc1ccccc1)N1C(=O)c2ccccc2NC(=O)C1Cc1ccccc1. The Morgan fingerprint density at radius 2 is 1.31 bits per heavy atom. The molecule has 1 aliphatic heterocycles. The van der Waals surface area contributed by atoms with E-state index in [9.17, 15) is 14.4 Å². The number of benzene rings is 4. The maximum absolute atomic E-state index is 14.2. The molecule has 1 aliphatic rings. The fraction of sp³-hybridized carbons (Fsp3) is 0.182. The molecule has 6 nitrogen and oxygen atoms in total. The number of nitrogens with one attached hydrogen (secondary N) is 2. The van der Waals surface area contributed by atoms with Gasteiger partial charge in [-0.25, -0.2) is 0 Å². The molecule has 0 aliphatic carbocycles. The highest BCUT2D eigenvalue weighted by Crippen LogP contribution is 2.28. The van der Waals surface area contributed by atoms with Crippen molar-refractivity contribution in [3.8, 4) is 0 Å². The maximum atomic E-state index is 14.2. The Balaban J connectivity index is 1.52. The van der Waals surface area contributed by atoms with E-state index >= 15 is 0 Å². The molecule has 0 spiro atoms. The van der Waals surface area contributed by atoms with Crippen LogP contribution in [0.1, 0.15) is 33.5 Å². The number of nitrogens with zero attached hydrogens (tertiary/aromatic N) is 1. The molecule has 196 valence electrons. The molecule has 39 heavy (non-hydrogen) atoms. The number of amides is 3. The summed E-state index contributed by atoms with van der Waals surface area (Å²) in [6, 6.07) is 34.4. The van der Waals surface area contributed by atoms with Gasteiger partial charge in [0.15, 0.2) is 0 Å². The van der Waals surface area contributed by atoms with E-state index in [0.29, 0.717) is 37.1 Å². The lowest BCUT2D eigenvalue weighted by Gasteiger charge is -2.35. The van der Waals surface area contributed by atoms with E-state index in [4.69, 9.17) is 0 Å². The zero-order valence-electron chi connectivity index (χ0n) is 21.6. The molecule has 4 aromatic rings. The third kappa shape index (κ3) is 6.24. The van der Waals surface area contributed by atoms with Crippen molar-refractivity contribution in [3.05, 3.63) is 138 Å². The first kappa shape index (κ1) is 25.9. The summed E-state index contributed by atoms with van der Waals surface area (Å²) in [5.41, 5.74) is 3.76. The van der Waals surface area contributed by atoms with Crippen molar-refractivity contribution in [2.45, 2.75) is 37.9 Å². The van der Waals surface area contributed by atoms with Gasteiger partial charge in [0.1, 0.15) is 12.1 Å². The van der Waals surface area contributed by atoms with Crippen LogP contribution in [0.25, 0.3) is 0 Å². The molecule has 2 atom stereocenters. The van der Waals surface area contributed by atoms with Gasteiger partial charge in [0.05, 0.1) is 11.3 Å². The normalized spacial score (nSPS) is 15.6. The van der Waals surface area contributed by atoms with Crippen LogP contribution >= 0.6 is 0 Å². The lowest BCUT2D eigenvalue weighted by atomic mass is 9.97. The van der Waals surface area contributed by atoms with E-state index in [2.05, 4.69) is 10.6 Å². The molecule has 0 bridgehead atoms. The number of rotatable bonds is 9. The van der Waals surface area contributed by atoms with Crippen molar-refractivity contribution in [1.29, 1.82) is 0 Å². The number of anilines is 1. The first-order valence-electron chi connectivity index (χ1n) is 13.2. The van der Waals surface area contributed by atoms with Crippen molar-refractivity contribution in [2.75, 3.05) is 5.32 Å². The monoisotopic (exact) mass is 517 g/mol. The van der Waals surface area contributed by atoms with E-state index in [1.54, 1.807) is 24.3 Å². The summed E-state index contributed by atoms with van der Waals surface area (Å²) >= 11 is 0. The Labute approximate surface area is 228 Å². The Morgan fingerprint density at radius 3 is 1.97 bits per heavy atom. The number of hydrogen-bond acceptors (Lipinski definition) is 3. The summed E-state index contributed by atoms with van der Waals surface area (Å²) in [5.74, 6) is -0.927. The smallest absolute Gasteiger partial charge is 0.257 e. The highest BCUT2D eigenvalue weighted by Gasteiger charge is 2.41. The average Bonchev–Trinajstić information content (AvgIpc) is 3.08. The fourth-order valence-corrected chi connectivity index (χ4v) is 5.04. The first-order valence-corrected chi connectivity index (χ1v) is 13.2. The predicted octanol–water partition coefficient (Wildman–Crippen LogP) is 5.01. The lowest BCUT2D eigenvalue weighted by Crippen LogP contribution is -2.57. The first-order chi connectivity index (χ1) is 19.1. The van der Waals surface area contributed by atoms with Crippen molar-refractivity contribution in [1.82, 2.24) is 10.2 Å². The third-order valence-electron chi connectivity index (χ3n) is 7.06. The van der Waals surface area contributed by atoms with Crippen LogP contribution in [-0.2, 0) is 29.0 Å². The maximum Gasteiger partial charge on any atom is 0.257 e. The number of para-hydroxylation sites is 1. The summed E-state index contributed by atoms with van der Waals surface area (Å²) < 4.78 is 0. The second-order valence-corrected chi connectivity index (χ2v) is 9.70. The van der Waals surface area contributed by atoms with Gasteiger partial charge in [-0.3, -0.25) is 14.4 Å². The molecule has 5 rings (SSSR count). The third-order valence-corrected chi connectivity index (χ3v) is 7.06. The van der Waals surface area contributed by atoms with Gasteiger partial charge in [0.25, 0.3) is 5.91 Å². The van der Waals surface area contributed by atoms with Gasteiger partial charge in [-0.05, 0) is 41.7 Å². The van der Waals surface area contributed by atoms with Gasteiger partial charge < -0.3 is 15.5 Å². The Bertz CT molecular complexity index is 1420. The number of carbonyl (C=O) groups excluding carboxylic acids is 3. The molecule has 0 fully saturated rings. The van der Waals surface area contributed by atoms with Gasteiger partial charge >= 0.3 is 0 Å². The summed E-state index contributed by atoms with van der Waals surface area (Å²) in [6.07, 6.45) is 1.24. The molecule has 3 amide bonds. The second-order valence-electron chi connectivity index (χ2n) is 9.70. The summed E-state index contributed by atoms with van der Waals surface area (Å²) in [7, 11) is 0. The van der Waals surface area contributed by atoms with Gasteiger partial charge in [-0.2, -0.15) is 0 Å². The molecule has 1 heterocycles. The molecular formula is C33H31N3O3. The highest BCUT2D eigenvalue weighted by molar-refractivity contribution is 6.11. The topological polar surface area (TPSA) is 78.5 Å². The molecule has 6 heteroatoms. The Kier molecular flexibility index (Phi) is 8.12. The molecule has 4 aromatic carbocycles. The van der Waals surface area contributed by atoms with Crippen LogP contribution in [0, 0.1) is 0 Å². The quantitative estimate of drug-likeness (QED) is 0.328. The van der Waals surface area contributed by atoms with Crippen molar-refractivity contribution >= 4 is 23.4 Å². The van der Waals surface area contributed by atoms with E-state index in [-0.39, 0.29) is 17.7 Å². The number of hydrogen-bond donors (Lipinski definition) is 2. The molecule has 0 radical (unpaired) electrons. The molecule has 2 N–H and O–H groups in total. The molecule has 2 unspecified atom stereocenters. The van der Waals surface area contributed by atoms with Crippen LogP contribution < -0.4 is 10.6 Å². The summed E-state index contributed by atoms with van der Waals surface area (Å²) in [4.78, 5) is 43.2. The standard InChI is InChI=1S/C33H31N3O3/c37-31(34-23-26-16-8-3-9-17-26)29(21-20-24-12-4-1-5-13-24)36-30(22-25-14-6-2-7-15-25)32(38)35-28-19-11-10-18-27(28)33(36)39/h1-19,29-30H,20-23H2,(H,34,37)(H,35,38). The second kappa shape index (κ2) is 12.2. The van der Waals surface area contributed by atoms with Gasteiger partial charge in [0.2, 0.25) is 11.8 Å².